The Morgan fingerprint density at radius 1 is 1.04 bits per heavy atom. The van der Waals surface area contributed by atoms with Gasteiger partial charge in [-0.05, 0) is 30.5 Å². The molecule has 0 aromatic heterocycles. The number of nitrogens with zero attached hydrogens (tertiary/aromatic N) is 1. The van der Waals surface area contributed by atoms with E-state index in [1.807, 2.05) is 60.7 Å². The Labute approximate surface area is 149 Å². The summed E-state index contributed by atoms with van der Waals surface area (Å²) < 4.78 is 5.80. The minimum Gasteiger partial charge on any atom is -0.364 e. The van der Waals surface area contributed by atoms with Crippen LogP contribution in [0.5, 0.6) is 0 Å². The number of amides is 1. The lowest BCUT2D eigenvalue weighted by atomic mass is 10.1. The van der Waals surface area contributed by atoms with E-state index in [2.05, 4.69) is 0 Å². The number of carbonyl (C=O) groups is 1. The summed E-state index contributed by atoms with van der Waals surface area (Å²) in [6.45, 7) is 1.00. The van der Waals surface area contributed by atoms with Crippen LogP contribution in [0.3, 0.4) is 0 Å². The number of halogens is 1. The molecule has 0 aliphatic carbocycles. The molecular formula is C19H23ClN2O2. The van der Waals surface area contributed by atoms with Gasteiger partial charge in [0, 0.05) is 12.2 Å². The first-order chi connectivity index (χ1) is 11.3. The van der Waals surface area contributed by atoms with Gasteiger partial charge in [0.2, 0.25) is 0 Å². The van der Waals surface area contributed by atoms with Crippen molar-refractivity contribution in [3.8, 4) is 0 Å². The third-order valence-electron chi connectivity index (χ3n) is 4.16. The number of ether oxygens (including phenoxy) is 1. The summed E-state index contributed by atoms with van der Waals surface area (Å²) in [4.78, 5) is 14.8. The second kappa shape index (κ2) is 8.83. The van der Waals surface area contributed by atoms with Crippen molar-refractivity contribution in [3.63, 3.8) is 0 Å². The predicted molar refractivity (Wildman–Crippen MR) is 98.3 cm³/mol. The molecule has 4 nitrogen and oxygen atoms in total. The zero-order valence-corrected chi connectivity index (χ0v) is 14.3. The molecule has 3 rings (SSSR count). The van der Waals surface area contributed by atoms with E-state index >= 15 is 0 Å². The molecule has 1 amide bonds. The normalized spacial score (nSPS) is 19.5. The zero-order valence-electron chi connectivity index (χ0n) is 13.5. The molecule has 2 atom stereocenters. The summed E-state index contributed by atoms with van der Waals surface area (Å²) in [5.41, 5.74) is 7.64. The highest BCUT2D eigenvalue weighted by Gasteiger charge is 2.33. The van der Waals surface area contributed by atoms with Crippen LogP contribution < -0.4 is 10.6 Å². The number of hydrogen-bond acceptors (Lipinski definition) is 3. The van der Waals surface area contributed by atoms with Gasteiger partial charge in [0.1, 0.15) is 6.10 Å². The standard InChI is InChI=1S/C19H22N2O2.ClH/c20-13-17-11-12-18(23-17)19(22)21(16-9-5-2-6-10-16)14-15-7-3-1-4-8-15;/h1-10,17-18H,11-14,20H2;1H/t17-,18+;/m1./s1. The summed E-state index contributed by atoms with van der Waals surface area (Å²) in [6.07, 6.45) is 1.19. The number of carbonyl (C=O) groups excluding carboxylic acids is 1. The number of benzene rings is 2. The van der Waals surface area contributed by atoms with Crippen molar-refractivity contribution in [2.75, 3.05) is 11.4 Å². The Bertz CT molecular complexity index is 636. The molecule has 1 heterocycles. The monoisotopic (exact) mass is 346 g/mol. The highest BCUT2D eigenvalue weighted by atomic mass is 35.5. The average molecular weight is 347 g/mol. The maximum absolute atomic E-state index is 13.0. The fraction of sp³-hybridized carbons (Fsp3) is 0.316. The van der Waals surface area contributed by atoms with Gasteiger partial charge in [0.05, 0.1) is 12.6 Å². The molecule has 5 heteroatoms. The van der Waals surface area contributed by atoms with Crippen molar-refractivity contribution in [1.29, 1.82) is 0 Å². The van der Waals surface area contributed by atoms with Crippen molar-refractivity contribution >= 4 is 24.0 Å². The second-order valence-electron chi connectivity index (χ2n) is 5.81. The summed E-state index contributed by atoms with van der Waals surface area (Å²) in [5.74, 6) is 0.0102. The van der Waals surface area contributed by atoms with Crippen molar-refractivity contribution in [2.45, 2.75) is 31.6 Å². The van der Waals surface area contributed by atoms with Gasteiger partial charge in [-0.1, -0.05) is 48.5 Å². The van der Waals surface area contributed by atoms with Crippen LogP contribution in [0, 0.1) is 0 Å². The summed E-state index contributed by atoms with van der Waals surface area (Å²) >= 11 is 0. The third kappa shape index (κ3) is 4.35. The minimum atomic E-state index is -0.396. The van der Waals surface area contributed by atoms with Gasteiger partial charge >= 0.3 is 0 Å². The maximum Gasteiger partial charge on any atom is 0.256 e. The van der Waals surface area contributed by atoms with E-state index in [-0.39, 0.29) is 24.4 Å². The minimum absolute atomic E-state index is 0. The first kappa shape index (κ1) is 18.5. The molecule has 24 heavy (non-hydrogen) atoms. The quantitative estimate of drug-likeness (QED) is 0.904. The highest BCUT2D eigenvalue weighted by Crippen LogP contribution is 2.25. The summed E-state index contributed by atoms with van der Waals surface area (Å²) in [5, 5.41) is 0. The van der Waals surface area contributed by atoms with Crippen LogP contribution in [0.25, 0.3) is 0 Å². The van der Waals surface area contributed by atoms with E-state index in [0.717, 1.165) is 24.1 Å². The summed E-state index contributed by atoms with van der Waals surface area (Å²) in [6, 6.07) is 19.8. The number of para-hydroxylation sites is 1. The Balaban J connectivity index is 0.00000208. The fourth-order valence-electron chi connectivity index (χ4n) is 2.90. The Morgan fingerprint density at radius 2 is 1.67 bits per heavy atom. The molecule has 0 radical (unpaired) electrons. The van der Waals surface area contributed by atoms with Crippen molar-refractivity contribution in [2.24, 2.45) is 5.73 Å². The lowest BCUT2D eigenvalue weighted by Crippen LogP contribution is -2.39. The topological polar surface area (TPSA) is 55.6 Å². The van der Waals surface area contributed by atoms with Crippen molar-refractivity contribution in [1.82, 2.24) is 0 Å². The fourth-order valence-corrected chi connectivity index (χ4v) is 2.90. The number of rotatable bonds is 5. The highest BCUT2D eigenvalue weighted by molar-refractivity contribution is 5.96. The molecule has 0 spiro atoms. The first-order valence-electron chi connectivity index (χ1n) is 8.04. The van der Waals surface area contributed by atoms with Gasteiger partial charge < -0.3 is 15.4 Å². The molecule has 0 saturated carbocycles. The number of nitrogens with two attached hydrogens (primary N) is 1. The van der Waals surface area contributed by atoms with Crippen LogP contribution in [0.1, 0.15) is 18.4 Å². The molecule has 2 N–H and O–H groups in total. The van der Waals surface area contributed by atoms with Gasteiger partial charge in [-0.2, -0.15) is 0 Å². The van der Waals surface area contributed by atoms with Crippen molar-refractivity contribution < 1.29 is 9.53 Å². The molecular weight excluding hydrogens is 324 g/mol. The third-order valence-corrected chi connectivity index (χ3v) is 4.16. The van der Waals surface area contributed by atoms with Gasteiger partial charge in [0.15, 0.2) is 0 Å². The average Bonchev–Trinajstić information content (AvgIpc) is 3.10. The van der Waals surface area contributed by atoms with E-state index < -0.39 is 6.10 Å². The first-order valence-corrected chi connectivity index (χ1v) is 8.04. The number of anilines is 1. The van der Waals surface area contributed by atoms with Crippen LogP contribution in [0.15, 0.2) is 60.7 Å². The molecule has 1 fully saturated rings. The second-order valence-corrected chi connectivity index (χ2v) is 5.81. The zero-order chi connectivity index (χ0) is 16.1. The molecule has 2 aromatic rings. The van der Waals surface area contributed by atoms with Crippen LogP contribution in [0.4, 0.5) is 5.69 Å². The molecule has 0 unspecified atom stereocenters. The molecule has 128 valence electrons. The van der Waals surface area contributed by atoms with Gasteiger partial charge in [-0.15, -0.1) is 12.4 Å². The number of hydrogen-bond donors (Lipinski definition) is 1. The molecule has 1 aliphatic rings. The van der Waals surface area contributed by atoms with E-state index in [4.69, 9.17) is 10.5 Å². The smallest absolute Gasteiger partial charge is 0.256 e. The predicted octanol–water partition coefficient (Wildman–Crippen LogP) is 3.15. The Morgan fingerprint density at radius 3 is 2.25 bits per heavy atom. The van der Waals surface area contributed by atoms with Crippen molar-refractivity contribution in [3.05, 3.63) is 66.2 Å². The van der Waals surface area contributed by atoms with Crippen LogP contribution in [0.2, 0.25) is 0 Å². The lowest BCUT2D eigenvalue weighted by molar-refractivity contribution is -0.129. The van der Waals surface area contributed by atoms with Crippen LogP contribution in [-0.2, 0) is 16.1 Å². The van der Waals surface area contributed by atoms with Gasteiger partial charge in [-0.3, -0.25) is 4.79 Å². The molecule has 1 aliphatic heterocycles. The Kier molecular flexibility index (Phi) is 6.79. The Hall–Kier alpha value is -1.88. The molecule has 2 aromatic carbocycles. The van der Waals surface area contributed by atoms with Gasteiger partial charge in [-0.25, -0.2) is 0 Å². The van der Waals surface area contributed by atoms with Gasteiger partial charge in [0.25, 0.3) is 5.91 Å². The SMILES string of the molecule is Cl.NC[C@H]1CC[C@@H](C(=O)N(Cc2ccccc2)c2ccccc2)O1. The van der Waals surface area contributed by atoms with E-state index in [9.17, 15) is 4.79 Å². The summed E-state index contributed by atoms with van der Waals surface area (Å²) in [7, 11) is 0. The van der Waals surface area contributed by atoms with Crippen LogP contribution >= 0.6 is 12.4 Å². The van der Waals surface area contributed by atoms with E-state index in [1.165, 1.54) is 0 Å². The van der Waals surface area contributed by atoms with E-state index in [0.29, 0.717) is 13.1 Å². The largest absolute Gasteiger partial charge is 0.364 e. The molecule has 1 saturated heterocycles. The lowest BCUT2D eigenvalue weighted by Gasteiger charge is -2.26. The van der Waals surface area contributed by atoms with Crippen LogP contribution in [-0.4, -0.2) is 24.7 Å². The molecule has 0 bridgehead atoms. The maximum atomic E-state index is 13.0. The van der Waals surface area contributed by atoms with E-state index in [1.54, 1.807) is 4.90 Å².